The Labute approximate surface area is 154 Å². The van der Waals surface area contributed by atoms with Gasteiger partial charge in [0, 0.05) is 35.3 Å². The molecule has 0 aliphatic carbocycles. The third-order valence-electron chi connectivity index (χ3n) is 3.38. The van der Waals surface area contributed by atoms with E-state index in [0.717, 1.165) is 12.2 Å². The van der Waals surface area contributed by atoms with E-state index in [1.807, 2.05) is 0 Å². The Bertz CT molecular complexity index is 877. The number of anilines is 1. The zero-order valence-corrected chi connectivity index (χ0v) is 14.6. The Kier molecular flexibility index (Phi) is 5.96. The van der Waals surface area contributed by atoms with E-state index in [-0.39, 0.29) is 21.8 Å². The molecule has 1 N–H and O–H groups in total. The summed E-state index contributed by atoms with van der Waals surface area (Å²) in [6.07, 6.45) is 1.63. The van der Waals surface area contributed by atoms with Gasteiger partial charge in [0.1, 0.15) is 0 Å². The van der Waals surface area contributed by atoms with Crippen LogP contribution in [0.25, 0.3) is 0 Å². The lowest BCUT2D eigenvalue weighted by Crippen LogP contribution is -2.26. The number of halogens is 2. The first-order valence-corrected chi connectivity index (χ1v) is 7.84. The minimum Gasteiger partial charge on any atom is -0.478 e. The molecular formula is C18H13Cl2NO4. The van der Waals surface area contributed by atoms with Crippen LogP contribution in [0.5, 0.6) is 0 Å². The summed E-state index contributed by atoms with van der Waals surface area (Å²) in [5.41, 5.74) is 0.740. The van der Waals surface area contributed by atoms with Crippen molar-refractivity contribution in [1.29, 1.82) is 0 Å². The normalized spacial score (nSPS) is 10.7. The summed E-state index contributed by atoms with van der Waals surface area (Å²) in [5.74, 6) is -2.24. The molecule has 128 valence electrons. The van der Waals surface area contributed by atoms with Gasteiger partial charge in [0.05, 0.1) is 10.7 Å². The fourth-order valence-electron chi connectivity index (χ4n) is 2.15. The van der Waals surface area contributed by atoms with Crippen LogP contribution in [-0.4, -0.2) is 29.8 Å². The quantitative estimate of drug-likeness (QED) is 0.634. The van der Waals surface area contributed by atoms with Gasteiger partial charge in [-0.25, -0.2) is 4.79 Å². The lowest BCUT2D eigenvalue weighted by Gasteiger charge is -2.19. The Hall–Kier alpha value is -2.63. The number of hydrogen-bond donors (Lipinski definition) is 1. The highest BCUT2D eigenvalue weighted by atomic mass is 35.5. The van der Waals surface area contributed by atoms with Gasteiger partial charge < -0.3 is 10.0 Å². The molecular weight excluding hydrogens is 365 g/mol. The predicted molar refractivity (Wildman–Crippen MR) is 96.5 cm³/mol. The Morgan fingerprint density at radius 2 is 1.68 bits per heavy atom. The first-order valence-electron chi connectivity index (χ1n) is 7.08. The highest BCUT2D eigenvalue weighted by Crippen LogP contribution is 2.28. The molecule has 25 heavy (non-hydrogen) atoms. The fraction of sp³-hybridized carbons (Fsp3) is 0.0556. The molecule has 1 amide bonds. The highest BCUT2D eigenvalue weighted by molar-refractivity contribution is 6.36. The van der Waals surface area contributed by atoms with Gasteiger partial charge in [-0.05, 0) is 30.3 Å². The SMILES string of the molecule is CN(C(=O)C=CC(=O)O)c1ccc(Cl)cc1C(=O)c1ccccc1Cl. The monoisotopic (exact) mass is 377 g/mol. The third kappa shape index (κ3) is 4.47. The van der Waals surface area contributed by atoms with Crippen molar-refractivity contribution >= 4 is 46.5 Å². The molecule has 0 aromatic heterocycles. The molecule has 0 atom stereocenters. The smallest absolute Gasteiger partial charge is 0.328 e. The van der Waals surface area contributed by atoms with E-state index < -0.39 is 17.7 Å². The zero-order chi connectivity index (χ0) is 18.6. The van der Waals surface area contributed by atoms with Gasteiger partial charge in [-0.3, -0.25) is 9.59 Å². The molecule has 0 unspecified atom stereocenters. The van der Waals surface area contributed by atoms with Gasteiger partial charge in [-0.2, -0.15) is 0 Å². The molecule has 0 radical (unpaired) electrons. The van der Waals surface area contributed by atoms with E-state index >= 15 is 0 Å². The average Bonchev–Trinajstić information content (AvgIpc) is 2.58. The zero-order valence-electron chi connectivity index (χ0n) is 13.1. The molecule has 0 heterocycles. The summed E-state index contributed by atoms with van der Waals surface area (Å²) in [6.45, 7) is 0. The summed E-state index contributed by atoms with van der Waals surface area (Å²) in [5, 5.41) is 9.23. The van der Waals surface area contributed by atoms with Crippen LogP contribution in [0.2, 0.25) is 10.0 Å². The van der Waals surface area contributed by atoms with E-state index in [0.29, 0.717) is 5.02 Å². The number of nitrogens with zero attached hydrogens (tertiary/aromatic N) is 1. The van der Waals surface area contributed by atoms with Gasteiger partial charge in [0.2, 0.25) is 0 Å². The summed E-state index contributed by atoms with van der Waals surface area (Å²) >= 11 is 12.1. The predicted octanol–water partition coefficient (Wildman–Crippen LogP) is 3.83. The summed E-state index contributed by atoms with van der Waals surface area (Å²) in [4.78, 5) is 36.7. The lowest BCUT2D eigenvalue weighted by molar-refractivity contribution is -0.131. The van der Waals surface area contributed by atoms with Gasteiger partial charge in [0.15, 0.2) is 5.78 Å². The van der Waals surface area contributed by atoms with Crippen LogP contribution < -0.4 is 4.90 Å². The second-order valence-electron chi connectivity index (χ2n) is 5.04. The molecule has 0 aliphatic rings. The Morgan fingerprint density at radius 3 is 2.32 bits per heavy atom. The van der Waals surface area contributed by atoms with E-state index in [1.54, 1.807) is 24.3 Å². The molecule has 0 saturated carbocycles. The molecule has 0 spiro atoms. The molecule has 0 bridgehead atoms. The van der Waals surface area contributed by atoms with E-state index in [9.17, 15) is 14.4 Å². The van der Waals surface area contributed by atoms with Crippen LogP contribution in [0.3, 0.4) is 0 Å². The number of carboxylic acids is 1. The number of benzene rings is 2. The van der Waals surface area contributed by atoms with E-state index in [2.05, 4.69) is 0 Å². The van der Waals surface area contributed by atoms with Crippen molar-refractivity contribution in [2.75, 3.05) is 11.9 Å². The van der Waals surface area contributed by atoms with Gasteiger partial charge in [0.25, 0.3) is 5.91 Å². The third-order valence-corrected chi connectivity index (χ3v) is 3.95. The van der Waals surface area contributed by atoms with Crippen molar-refractivity contribution in [3.8, 4) is 0 Å². The minimum absolute atomic E-state index is 0.181. The van der Waals surface area contributed by atoms with Gasteiger partial charge in [-0.1, -0.05) is 35.3 Å². The van der Waals surface area contributed by atoms with Crippen molar-refractivity contribution in [3.05, 3.63) is 75.8 Å². The highest BCUT2D eigenvalue weighted by Gasteiger charge is 2.21. The topological polar surface area (TPSA) is 74.7 Å². The lowest BCUT2D eigenvalue weighted by atomic mass is 10.0. The van der Waals surface area contributed by atoms with Crippen LogP contribution in [-0.2, 0) is 9.59 Å². The van der Waals surface area contributed by atoms with Crippen molar-refractivity contribution in [2.24, 2.45) is 0 Å². The first kappa shape index (κ1) is 18.7. The van der Waals surface area contributed by atoms with Crippen LogP contribution >= 0.6 is 23.2 Å². The Morgan fingerprint density at radius 1 is 1.00 bits per heavy atom. The van der Waals surface area contributed by atoms with Gasteiger partial charge >= 0.3 is 5.97 Å². The Balaban J connectivity index is 2.48. The number of carbonyl (C=O) groups is 3. The van der Waals surface area contributed by atoms with Crippen molar-refractivity contribution in [1.82, 2.24) is 0 Å². The van der Waals surface area contributed by atoms with Crippen molar-refractivity contribution < 1.29 is 19.5 Å². The summed E-state index contributed by atoms with van der Waals surface area (Å²) in [6, 6.07) is 11.0. The number of likely N-dealkylation sites (N-methyl/N-ethyl adjacent to an activating group) is 1. The molecule has 2 rings (SSSR count). The van der Waals surface area contributed by atoms with Crippen LogP contribution in [0.15, 0.2) is 54.6 Å². The second kappa shape index (κ2) is 7.96. The minimum atomic E-state index is -1.25. The summed E-state index contributed by atoms with van der Waals surface area (Å²) < 4.78 is 0. The van der Waals surface area contributed by atoms with E-state index in [4.69, 9.17) is 28.3 Å². The van der Waals surface area contributed by atoms with Crippen molar-refractivity contribution in [2.45, 2.75) is 0 Å². The second-order valence-corrected chi connectivity index (χ2v) is 5.88. The molecule has 2 aromatic carbocycles. The number of carbonyl (C=O) groups excluding carboxylic acids is 2. The fourth-order valence-corrected chi connectivity index (χ4v) is 2.54. The largest absolute Gasteiger partial charge is 0.478 e. The van der Waals surface area contributed by atoms with Gasteiger partial charge in [-0.15, -0.1) is 0 Å². The number of ketones is 1. The van der Waals surface area contributed by atoms with Crippen LogP contribution in [0, 0.1) is 0 Å². The molecule has 7 heteroatoms. The maximum Gasteiger partial charge on any atom is 0.328 e. The van der Waals surface area contributed by atoms with E-state index in [1.165, 1.54) is 30.1 Å². The van der Waals surface area contributed by atoms with Crippen LogP contribution in [0.1, 0.15) is 15.9 Å². The number of rotatable bonds is 5. The maximum atomic E-state index is 12.8. The first-order chi connectivity index (χ1) is 11.8. The van der Waals surface area contributed by atoms with Crippen molar-refractivity contribution in [3.63, 3.8) is 0 Å². The molecule has 0 aliphatic heterocycles. The maximum absolute atomic E-state index is 12.8. The van der Waals surface area contributed by atoms with Crippen LogP contribution in [0.4, 0.5) is 5.69 Å². The number of aliphatic carboxylic acids is 1. The number of carboxylic acid groups (broad SMARTS) is 1. The number of hydrogen-bond acceptors (Lipinski definition) is 3. The average molecular weight is 378 g/mol. The summed E-state index contributed by atoms with van der Waals surface area (Å²) in [7, 11) is 1.43. The molecule has 5 nitrogen and oxygen atoms in total. The standard InChI is InChI=1S/C18H13Cl2NO4/c1-21(16(22)8-9-17(23)24)15-7-6-11(19)10-13(15)18(25)12-4-2-3-5-14(12)20/h2-10H,1H3,(H,23,24). The molecule has 0 saturated heterocycles. The molecule has 2 aromatic rings. The number of amides is 1. The molecule has 0 fully saturated rings.